The highest BCUT2D eigenvalue weighted by Crippen LogP contribution is 1.90. The smallest absolute Gasteiger partial charge is 0.154 e. The van der Waals surface area contributed by atoms with Crippen LogP contribution in [0.25, 0.3) is 0 Å². The number of alkyl halides is 1. The second-order valence-corrected chi connectivity index (χ2v) is 2.03. The van der Waals surface area contributed by atoms with E-state index in [2.05, 4.69) is 0 Å². The van der Waals surface area contributed by atoms with E-state index in [0.29, 0.717) is 6.29 Å². The number of aldehydes is 1. The van der Waals surface area contributed by atoms with Crippen LogP contribution in [-0.2, 0) is 14.4 Å². The molecule has 0 radical (unpaired) electrons. The van der Waals surface area contributed by atoms with E-state index < -0.39 is 0 Å². The van der Waals surface area contributed by atoms with Crippen LogP contribution < -0.4 is 0 Å². The standard InChI is InChI=1S/C6H7ClO3/c7-4-6(10)3-5(9)1-2-8/h2H,1,3-4H2. The van der Waals surface area contributed by atoms with Gasteiger partial charge in [0.05, 0.1) is 18.7 Å². The number of Topliss-reactive ketones (excluding diaryl/α,β-unsaturated/α-hetero) is 2. The van der Waals surface area contributed by atoms with E-state index in [-0.39, 0.29) is 30.3 Å². The molecule has 0 bridgehead atoms. The first kappa shape index (κ1) is 9.30. The van der Waals surface area contributed by atoms with Crippen LogP contribution in [0.1, 0.15) is 12.8 Å². The Morgan fingerprint density at radius 1 is 1.30 bits per heavy atom. The van der Waals surface area contributed by atoms with E-state index in [0.717, 1.165) is 0 Å². The monoisotopic (exact) mass is 162 g/mol. The lowest BCUT2D eigenvalue weighted by Gasteiger charge is -1.90. The number of carbonyl (C=O) groups is 3. The molecule has 0 aromatic carbocycles. The Morgan fingerprint density at radius 3 is 2.30 bits per heavy atom. The van der Waals surface area contributed by atoms with Crippen LogP contribution in [0.3, 0.4) is 0 Å². The molecule has 0 aliphatic heterocycles. The predicted molar refractivity (Wildman–Crippen MR) is 36.0 cm³/mol. The maximum Gasteiger partial charge on any atom is 0.154 e. The molecule has 10 heavy (non-hydrogen) atoms. The molecule has 0 unspecified atom stereocenters. The van der Waals surface area contributed by atoms with Crippen LogP contribution in [0, 0.1) is 0 Å². The van der Waals surface area contributed by atoms with Crippen LogP contribution in [0.15, 0.2) is 0 Å². The van der Waals surface area contributed by atoms with Crippen molar-refractivity contribution >= 4 is 29.5 Å². The SMILES string of the molecule is O=CCC(=O)CC(=O)CCl. The zero-order valence-electron chi connectivity index (χ0n) is 5.30. The molecular weight excluding hydrogens is 156 g/mol. The summed E-state index contributed by atoms with van der Waals surface area (Å²) in [4.78, 5) is 30.6. The summed E-state index contributed by atoms with van der Waals surface area (Å²) in [6.45, 7) is 0. The van der Waals surface area contributed by atoms with Crippen LogP contribution >= 0.6 is 11.6 Å². The highest BCUT2D eigenvalue weighted by Gasteiger charge is 2.06. The number of hydrogen-bond donors (Lipinski definition) is 0. The summed E-state index contributed by atoms with van der Waals surface area (Å²) >= 11 is 5.11. The van der Waals surface area contributed by atoms with Gasteiger partial charge in [0.15, 0.2) is 5.78 Å². The van der Waals surface area contributed by atoms with E-state index in [1.165, 1.54) is 0 Å². The fourth-order valence-corrected chi connectivity index (χ4v) is 0.527. The van der Waals surface area contributed by atoms with Crippen molar-refractivity contribution in [2.75, 3.05) is 5.88 Å². The second-order valence-electron chi connectivity index (χ2n) is 1.76. The molecule has 0 N–H and O–H groups in total. The van der Waals surface area contributed by atoms with Crippen molar-refractivity contribution in [3.63, 3.8) is 0 Å². The summed E-state index contributed by atoms with van der Waals surface area (Å²) in [6.07, 6.45) is 0.0642. The fourth-order valence-electron chi connectivity index (χ4n) is 0.432. The molecule has 0 aromatic heterocycles. The molecule has 4 heteroatoms. The fraction of sp³-hybridized carbons (Fsp3) is 0.500. The maximum atomic E-state index is 10.5. The molecule has 3 nitrogen and oxygen atoms in total. The predicted octanol–water partition coefficient (Wildman–Crippen LogP) is 0.343. The van der Waals surface area contributed by atoms with Gasteiger partial charge in [-0.2, -0.15) is 0 Å². The van der Waals surface area contributed by atoms with Crippen molar-refractivity contribution in [2.24, 2.45) is 0 Å². The summed E-state index contributed by atoms with van der Waals surface area (Å²) in [5.41, 5.74) is 0. The quantitative estimate of drug-likeness (QED) is 0.333. The lowest BCUT2D eigenvalue weighted by atomic mass is 10.2. The summed E-state index contributed by atoms with van der Waals surface area (Å²) in [5, 5.41) is 0. The first-order chi connectivity index (χ1) is 4.70. The van der Waals surface area contributed by atoms with Crippen LogP contribution in [-0.4, -0.2) is 23.7 Å². The molecule has 0 amide bonds. The van der Waals surface area contributed by atoms with Gasteiger partial charge < -0.3 is 4.79 Å². The van der Waals surface area contributed by atoms with Crippen LogP contribution in [0.5, 0.6) is 0 Å². The van der Waals surface area contributed by atoms with Crippen molar-refractivity contribution in [1.82, 2.24) is 0 Å². The molecule has 0 rings (SSSR count). The third kappa shape index (κ3) is 4.21. The van der Waals surface area contributed by atoms with Gasteiger partial charge in [-0.25, -0.2) is 0 Å². The summed E-state index contributed by atoms with van der Waals surface area (Å²) < 4.78 is 0. The number of halogens is 1. The molecule has 0 fully saturated rings. The zero-order valence-corrected chi connectivity index (χ0v) is 6.06. The molecular formula is C6H7ClO3. The number of hydrogen-bond acceptors (Lipinski definition) is 3. The Morgan fingerprint density at radius 2 is 1.90 bits per heavy atom. The summed E-state index contributed by atoms with van der Waals surface area (Å²) in [7, 11) is 0. The van der Waals surface area contributed by atoms with E-state index >= 15 is 0 Å². The van der Waals surface area contributed by atoms with Gasteiger partial charge in [-0.1, -0.05) is 0 Å². The van der Waals surface area contributed by atoms with E-state index in [1.807, 2.05) is 0 Å². The summed E-state index contributed by atoms with van der Waals surface area (Å²) in [5.74, 6) is -0.876. The largest absolute Gasteiger partial charge is 0.303 e. The van der Waals surface area contributed by atoms with Crippen molar-refractivity contribution in [3.05, 3.63) is 0 Å². The Labute approximate surface area is 63.4 Å². The van der Waals surface area contributed by atoms with Gasteiger partial charge in [-0.15, -0.1) is 11.6 Å². The number of ketones is 2. The minimum Gasteiger partial charge on any atom is -0.303 e. The molecule has 0 saturated carbocycles. The minimum absolute atomic E-state index is 0.162. The first-order valence-electron chi connectivity index (χ1n) is 2.73. The zero-order chi connectivity index (χ0) is 7.98. The Hall–Kier alpha value is -0.700. The number of carbonyl (C=O) groups excluding carboxylic acids is 3. The van der Waals surface area contributed by atoms with E-state index in [4.69, 9.17) is 11.6 Å². The van der Waals surface area contributed by atoms with Crippen molar-refractivity contribution in [1.29, 1.82) is 0 Å². The molecule has 0 heterocycles. The van der Waals surface area contributed by atoms with E-state index in [1.54, 1.807) is 0 Å². The van der Waals surface area contributed by atoms with E-state index in [9.17, 15) is 14.4 Å². The van der Waals surface area contributed by atoms with Gasteiger partial charge in [0.2, 0.25) is 0 Å². The van der Waals surface area contributed by atoms with Crippen molar-refractivity contribution < 1.29 is 14.4 Å². The topological polar surface area (TPSA) is 51.2 Å². The normalized spacial score (nSPS) is 8.90. The molecule has 0 aromatic rings. The average Bonchev–Trinajstić information content (AvgIpc) is 1.88. The lowest BCUT2D eigenvalue weighted by Crippen LogP contribution is -2.08. The molecule has 56 valence electrons. The third-order valence-electron chi connectivity index (χ3n) is 0.854. The van der Waals surface area contributed by atoms with Gasteiger partial charge in [-0.05, 0) is 0 Å². The van der Waals surface area contributed by atoms with Crippen LogP contribution in [0.2, 0.25) is 0 Å². The van der Waals surface area contributed by atoms with Gasteiger partial charge >= 0.3 is 0 Å². The minimum atomic E-state index is -0.374. The van der Waals surface area contributed by atoms with Gasteiger partial charge in [0, 0.05) is 0 Å². The molecule has 0 saturated heterocycles. The highest BCUT2D eigenvalue weighted by molar-refractivity contribution is 6.29. The van der Waals surface area contributed by atoms with Gasteiger partial charge in [-0.3, -0.25) is 9.59 Å². The Kier molecular flexibility index (Phi) is 4.76. The molecule has 0 spiro atoms. The van der Waals surface area contributed by atoms with Crippen LogP contribution in [0.4, 0.5) is 0 Å². The Balaban J connectivity index is 3.57. The second kappa shape index (κ2) is 5.11. The maximum absolute atomic E-state index is 10.5. The molecule has 0 aliphatic rings. The highest BCUT2D eigenvalue weighted by atomic mass is 35.5. The first-order valence-corrected chi connectivity index (χ1v) is 3.27. The molecule has 0 atom stereocenters. The van der Waals surface area contributed by atoms with Crippen molar-refractivity contribution in [2.45, 2.75) is 12.8 Å². The number of rotatable bonds is 5. The lowest BCUT2D eigenvalue weighted by molar-refractivity contribution is -0.126. The average molecular weight is 163 g/mol. The van der Waals surface area contributed by atoms with Gasteiger partial charge in [0.25, 0.3) is 0 Å². The van der Waals surface area contributed by atoms with Gasteiger partial charge in [0.1, 0.15) is 12.1 Å². The summed E-state index contributed by atoms with van der Waals surface area (Å²) in [6, 6.07) is 0. The van der Waals surface area contributed by atoms with Crippen molar-refractivity contribution in [3.8, 4) is 0 Å². The molecule has 0 aliphatic carbocycles. The third-order valence-corrected chi connectivity index (χ3v) is 1.15. The Bertz CT molecular complexity index is 153.